The normalized spacial score (nSPS) is 12.1. The Kier molecular flexibility index (Phi) is 8.36. The number of ether oxygens (including phenoxy) is 2. The van der Waals surface area contributed by atoms with Crippen molar-refractivity contribution < 1.29 is 39.3 Å². The molecule has 0 aliphatic heterocycles. The van der Waals surface area contributed by atoms with E-state index in [4.69, 9.17) is 9.47 Å². The van der Waals surface area contributed by atoms with Crippen molar-refractivity contribution in [1.29, 1.82) is 0 Å². The fraction of sp³-hybridized carbons (Fsp3) is 0.0625. The molecule has 44 heavy (non-hydrogen) atoms. The average Bonchev–Trinajstić information content (AvgIpc) is 2.98. The Labute approximate surface area is 255 Å². The second-order valence-electron chi connectivity index (χ2n) is 9.86. The van der Waals surface area contributed by atoms with E-state index in [1.807, 2.05) is 13.8 Å². The van der Waals surface area contributed by atoms with Crippen molar-refractivity contribution in [3.05, 3.63) is 126 Å². The second kappa shape index (κ2) is 11.9. The largest absolute Gasteiger partial charge is 0.457 e. The van der Waals surface area contributed by atoms with Crippen LogP contribution < -0.4 is 9.47 Å². The zero-order valence-electron chi connectivity index (χ0n) is 23.4. The van der Waals surface area contributed by atoms with Gasteiger partial charge in [-0.1, -0.05) is 35.4 Å². The quantitative estimate of drug-likeness (QED) is 0.171. The molecule has 0 amide bonds. The lowest BCUT2D eigenvalue weighted by atomic mass is 10.2. The van der Waals surface area contributed by atoms with Crippen molar-refractivity contribution in [2.24, 2.45) is 0 Å². The first kappa shape index (κ1) is 31.0. The fourth-order valence-electron chi connectivity index (χ4n) is 4.18. The van der Waals surface area contributed by atoms with Crippen molar-refractivity contribution in [3.63, 3.8) is 0 Å². The van der Waals surface area contributed by atoms with E-state index in [-0.39, 0.29) is 42.6 Å². The number of benzene rings is 5. The number of hydrogen-bond donors (Lipinski definition) is 1. The first-order valence-corrected chi connectivity index (χ1v) is 17.4. The van der Waals surface area contributed by atoms with Crippen molar-refractivity contribution in [2.75, 3.05) is 0 Å². The summed E-state index contributed by atoms with van der Waals surface area (Å²) in [5, 5.41) is 0. The Balaban J connectivity index is 1.35. The summed E-state index contributed by atoms with van der Waals surface area (Å²) in [5.74, 6) is 0.136. The molecule has 0 aliphatic carbocycles. The highest BCUT2D eigenvalue weighted by Crippen LogP contribution is 2.35. The Morgan fingerprint density at radius 2 is 0.795 bits per heavy atom. The lowest BCUT2D eigenvalue weighted by molar-refractivity contribution is 0.441. The Hall–Kier alpha value is -4.49. The molecule has 0 spiro atoms. The van der Waals surface area contributed by atoms with Gasteiger partial charge in [0, 0.05) is 6.07 Å². The maximum Gasteiger partial charge on any atom is 0.298 e. The summed E-state index contributed by atoms with van der Waals surface area (Å²) in [5.41, 5.74) is 1.84. The average molecular weight is 651 g/mol. The molecule has 9 nitrogen and oxygen atoms in total. The Morgan fingerprint density at radius 1 is 0.455 bits per heavy atom. The zero-order chi connectivity index (χ0) is 31.7. The molecule has 0 aromatic heterocycles. The van der Waals surface area contributed by atoms with Gasteiger partial charge in [0.15, 0.2) is 0 Å². The lowest BCUT2D eigenvalue weighted by Gasteiger charge is -2.13. The molecule has 5 aromatic carbocycles. The molecule has 0 radical (unpaired) electrons. The van der Waals surface area contributed by atoms with Crippen LogP contribution in [0.5, 0.6) is 23.0 Å². The monoisotopic (exact) mass is 650 g/mol. The van der Waals surface area contributed by atoms with Crippen LogP contribution in [-0.4, -0.2) is 29.8 Å². The van der Waals surface area contributed by atoms with Gasteiger partial charge in [-0.2, -0.15) is 8.42 Å². The molecule has 1 N–H and O–H groups in total. The van der Waals surface area contributed by atoms with Gasteiger partial charge in [0.1, 0.15) is 27.9 Å². The summed E-state index contributed by atoms with van der Waals surface area (Å²) in [6.45, 7) is 3.70. The van der Waals surface area contributed by atoms with Gasteiger partial charge in [-0.3, -0.25) is 4.55 Å². The van der Waals surface area contributed by atoms with Crippen LogP contribution in [0.1, 0.15) is 11.1 Å². The summed E-state index contributed by atoms with van der Waals surface area (Å²) in [6, 6.07) is 27.6. The van der Waals surface area contributed by atoms with Gasteiger partial charge in [-0.05, 0) is 98.8 Å². The highest BCUT2D eigenvalue weighted by atomic mass is 32.2. The van der Waals surface area contributed by atoms with E-state index in [0.29, 0.717) is 0 Å². The van der Waals surface area contributed by atoms with Gasteiger partial charge in [-0.15, -0.1) is 0 Å². The van der Waals surface area contributed by atoms with Crippen molar-refractivity contribution in [2.45, 2.75) is 38.3 Å². The molecule has 226 valence electrons. The van der Waals surface area contributed by atoms with E-state index < -0.39 is 34.7 Å². The molecule has 0 atom stereocenters. The maximum atomic E-state index is 12.9. The smallest absolute Gasteiger partial charge is 0.298 e. The minimum absolute atomic E-state index is 0.0186. The molecular formula is C32H26O9S3. The maximum absolute atomic E-state index is 12.9. The first-order valence-electron chi connectivity index (χ1n) is 13.0. The molecule has 0 heterocycles. The van der Waals surface area contributed by atoms with Crippen LogP contribution in [0.4, 0.5) is 0 Å². The van der Waals surface area contributed by atoms with E-state index in [0.717, 1.165) is 17.2 Å². The summed E-state index contributed by atoms with van der Waals surface area (Å²) in [7, 11) is -12.3. The van der Waals surface area contributed by atoms with Gasteiger partial charge >= 0.3 is 0 Å². The SMILES string of the molecule is Cc1ccc(S(=O)(=O)c2ccc(Oc3ccc(Oc4ccc(S(=O)(=O)c5ccc(C)cc5)cc4)c(S(=O)(=O)O)c3)cc2)cc1. The van der Waals surface area contributed by atoms with E-state index in [2.05, 4.69) is 0 Å². The van der Waals surface area contributed by atoms with Crippen LogP contribution in [-0.2, 0) is 29.8 Å². The predicted molar refractivity (Wildman–Crippen MR) is 163 cm³/mol. The van der Waals surface area contributed by atoms with Crippen LogP contribution in [0, 0.1) is 13.8 Å². The second-order valence-corrected chi connectivity index (χ2v) is 15.2. The third-order valence-electron chi connectivity index (χ3n) is 6.59. The van der Waals surface area contributed by atoms with Crippen LogP contribution in [0.2, 0.25) is 0 Å². The zero-order valence-corrected chi connectivity index (χ0v) is 25.9. The number of aryl methyl sites for hydroxylation is 2. The van der Waals surface area contributed by atoms with E-state index >= 15 is 0 Å². The van der Waals surface area contributed by atoms with E-state index in [1.54, 1.807) is 24.3 Å². The molecule has 0 unspecified atom stereocenters. The molecular weight excluding hydrogens is 625 g/mol. The third-order valence-corrected chi connectivity index (χ3v) is 11.0. The molecule has 0 saturated carbocycles. The molecule has 0 aliphatic rings. The summed E-state index contributed by atoms with van der Waals surface area (Å²) < 4.78 is 97.4. The molecule has 12 heteroatoms. The highest BCUT2D eigenvalue weighted by Gasteiger charge is 2.22. The Morgan fingerprint density at radius 3 is 1.18 bits per heavy atom. The van der Waals surface area contributed by atoms with Gasteiger partial charge in [0.25, 0.3) is 10.1 Å². The third kappa shape index (κ3) is 6.68. The van der Waals surface area contributed by atoms with Crippen LogP contribution in [0.3, 0.4) is 0 Å². The van der Waals surface area contributed by atoms with E-state index in [1.165, 1.54) is 84.9 Å². The standard InChI is InChI=1S/C32H26O9S3/c1-22-3-12-27(13-4-22)42(33,34)29-16-7-24(8-17-29)40-26-11-20-31(32(21-26)44(37,38)39)41-25-9-18-30(19-10-25)43(35,36)28-14-5-23(2)6-15-28/h3-21H,1-2H3,(H,37,38,39). The van der Waals surface area contributed by atoms with Crippen molar-refractivity contribution in [1.82, 2.24) is 0 Å². The Bertz CT molecular complexity index is 2140. The fourth-order valence-corrected chi connectivity index (χ4v) is 7.33. The minimum atomic E-state index is -4.78. The molecule has 0 bridgehead atoms. The van der Waals surface area contributed by atoms with Gasteiger partial charge in [-0.25, -0.2) is 16.8 Å². The number of hydrogen-bond acceptors (Lipinski definition) is 8. The lowest BCUT2D eigenvalue weighted by Crippen LogP contribution is -2.03. The number of sulfone groups is 2. The van der Waals surface area contributed by atoms with Crippen LogP contribution in [0.15, 0.2) is 140 Å². The molecule has 5 rings (SSSR count). The summed E-state index contributed by atoms with van der Waals surface area (Å²) >= 11 is 0. The summed E-state index contributed by atoms with van der Waals surface area (Å²) in [6.07, 6.45) is 0. The van der Waals surface area contributed by atoms with Crippen LogP contribution in [0.25, 0.3) is 0 Å². The van der Waals surface area contributed by atoms with Gasteiger partial charge in [0.2, 0.25) is 19.7 Å². The highest BCUT2D eigenvalue weighted by molar-refractivity contribution is 7.91. The first-order chi connectivity index (χ1) is 20.7. The van der Waals surface area contributed by atoms with Crippen LogP contribution >= 0.6 is 0 Å². The molecule has 0 saturated heterocycles. The minimum Gasteiger partial charge on any atom is -0.457 e. The van der Waals surface area contributed by atoms with Gasteiger partial charge in [0.05, 0.1) is 19.6 Å². The number of rotatable bonds is 9. The van der Waals surface area contributed by atoms with Crippen molar-refractivity contribution in [3.8, 4) is 23.0 Å². The molecule has 0 fully saturated rings. The van der Waals surface area contributed by atoms with E-state index in [9.17, 15) is 29.8 Å². The predicted octanol–water partition coefficient (Wildman–Crippen LogP) is 6.80. The summed E-state index contributed by atoms with van der Waals surface area (Å²) in [4.78, 5) is -0.250. The molecule has 5 aromatic rings. The van der Waals surface area contributed by atoms with Crippen molar-refractivity contribution >= 4 is 29.8 Å². The topological polar surface area (TPSA) is 141 Å². The van der Waals surface area contributed by atoms with Gasteiger partial charge < -0.3 is 9.47 Å².